The van der Waals surface area contributed by atoms with Crippen LogP contribution in [0.3, 0.4) is 0 Å². The highest BCUT2D eigenvalue weighted by Gasteiger charge is 2.37. The number of nitrogens with zero attached hydrogens (tertiary/aromatic N) is 3. The fourth-order valence-electron chi connectivity index (χ4n) is 3.08. The van der Waals surface area contributed by atoms with Crippen LogP contribution in [0.25, 0.3) is 0 Å². The third kappa shape index (κ3) is 5.24. The van der Waals surface area contributed by atoms with Crippen LogP contribution in [-0.4, -0.2) is 34.1 Å². The first-order chi connectivity index (χ1) is 14.7. The summed E-state index contributed by atoms with van der Waals surface area (Å²) in [5.41, 5.74) is 0.339. The van der Waals surface area contributed by atoms with Gasteiger partial charge in [0.05, 0.1) is 12.8 Å². The largest absolute Gasteiger partial charge is 0.495 e. The lowest BCUT2D eigenvalue weighted by Crippen LogP contribution is -2.49. The first-order valence-corrected chi connectivity index (χ1v) is 10.4. The van der Waals surface area contributed by atoms with E-state index in [4.69, 9.17) is 4.74 Å². The maximum atomic E-state index is 13.6. The molecule has 1 aromatic heterocycles. The van der Waals surface area contributed by atoms with Crippen molar-refractivity contribution in [2.45, 2.75) is 32.4 Å². The zero-order valence-corrected chi connectivity index (χ0v) is 18.4. The first-order valence-electron chi connectivity index (χ1n) is 9.52. The predicted molar refractivity (Wildman–Crippen MR) is 117 cm³/mol. The average Bonchev–Trinajstić information content (AvgIpc) is 3.26. The normalized spacial score (nSPS) is 12.2. The van der Waals surface area contributed by atoms with Crippen LogP contribution in [0.1, 0.15) is 42.9 Å². The molecule has 9 heteroatoms. The molecule has 0 aliphatic rings. The van der Waals surface area contributed by atoms with E-state index < -0.39 is 29.2 Å². The van der Waals surface area contributed by atoms with Gasteiger partial charge in [0.1, 0.15) is 17.6 Å². The number of ether oxygens (including phenoxy) is 1. The van der Waals surface area contributed by atoms with Gasteiger partial charge in [-0.25, -0.2) is 4.39 Å². The molecule has 0 unspecified atom stereocenters. The van der Waals surface area contributed by atoms with Crippen molar-refractivity contribution in [1.82, 2.24) is 14.9 Å². The molecular weight excluding hydrogens is 419 g/mol. The van der Waals surface area contributed by atoms with Crippen LogP contribution in [0.2, 0.25) is 0 Å². The van der Waals surface area contributed by atoms with Gasteiger partial charge in [0.2, 0.25) is 5.91 Å². The number of methoxy groups -OCH3 is 1. The van der Waals surface area contributed by atoms with Gasteiger partial charge in [0, 0.05) is 10.9 Å². The smallest absolute Gasteiger partial charge is 0.280 e. The van der Waals surface area contributed by atoms with E-state index in [-0.39, 0.29) is 5.69 Å². The summed E-state index contributed by atoms with van der Waals surface area (Å²) in [6, 6.07) is 11.2. The number of halogens is 1. The lowest BCUT2D eigenvalue weighted by molar-refractivity contribution is -0.123. The van der Waals surface area contributed by atoms with Gasteiger partial charge in [-0.15, -0.1) is 5.10 Å². The summed E-state index contributed by atoms with van der Waals surface area (Å²) in [6.45, 7) is 5.52. The summed E-state index contributed by atoms with van der Waals surface area (Å²) >= 11 is 1.03. The predicted octanol–water partition coefficient (Wildman–Crippen LogP) is 3.99. The molecule has 0 aliphatic carbocycles. The highest BCUT2D eigenvalue weighted by Crippen LogP contribution is 2.36. The SMILES string of the molecule is COc1ccccc1N(C(=O)c1csnn1)[C@H](C(=O)NC(C)(C)C)c1ccc(F)cc1. The van der Waals surface area contributed by atoms with E-state index >= 15 is 0 Å². The summed E-state index contributed by atoms with van der Waals surface area (Å²) in [5, 5.41) is 8.31. The third-order valence-electron chi connectivity index (χ3n) is 4.33. The van der Waals surface area contributed by atoms with Crippen molar-refractivity contribution in [3.8, 4) is 5.75 Å². The second-order valence-electron chi connectivity index (χ2n) is 7.83. The molecule has 0 radical (unpaired) electrons. The van der Waals surface area contributed by atoms with Crippen molar-refractivity contribution in [3.63, 3.8) is 0 Å². The summed E-state index contributed by atoms with van der Waals surface area (Å²) in [4.78, 5) is 28.3. The Balaban J connectivity index is 2.22. The van der Waals surface area contributed by atoms with Crippen molar-refractivity contribution < 1.29 is 18.7 Å². The van der Waals surface area contributed by atoms with Crippen LogP contribution in [-0.2, 0) is 4.79 Å². The standard InChI is InChI=1S/C22H23FN4O3S/c1-22(2,3)24-20(28)19(14-9-11-15(23)12-10-14)27(21(29)16-13-31-26-25-16)17-7-5-6-8-18(17)30-4/h5-13,19H,1-4H3,(H,24,28)/t19-/m0/s1. The van der Waals surface area contributed by atoms with Gasteiger partial charge < -0.3 is 10.1 Å². The number of anilines is 1. The first kappa shape index (κ1) is 22.4. The number of aromatic nitrogens is 2. The molecule has 3 aromatic rings. The second-order valence-corrected chi connectivity index (χ2v) is 8.44. The molecule has 1 atom stereocenters. The van der Waals surface area contributed by atoms with Gasteiger partial charge in [-0.1, -0.05) is 28.8 Å². The van der Waals surface area contributed by atoms with E-state index in [9.17, 15) is 14.0 Å². The fourth-order valence-corrected chi connectivity index (χ4v) is 3.51. The van der Waals surface area contributed by atoms with Crippen molar-refractivity contribution in [1.29, 1.82) is 0 Å². The Bertz CT molecular complexity index is 1050. The van der Waals surface area contributed by atoms with E-state index in [0.29, 0.717) is 17.0 Å². The van der Waals surface area contributed by atoms with Gasteiger partial charge in [-0.05, 0) is 62.1 Å². The highest BCUT2D eigenvalue weighted by molar-refractivity contribution is 7.03. The molecule has 2 amide bonds. The molecule has 3 rings (SSSR count). The molecule has 31 heavy (non-hydrogen) atoms. The lowest BCUT2D eigenvalue weighted by atomic mass is 10.00. The Morgan fingerprint density at radius 1 is 1.13 bits per heavy atom. The van der Waals surface area contributed by atoms with Crippen molar-refractivity contribution in [2.24, 2.45) is 0 Å². The van der Waals surface area contributed by atoms with E-state index in [0.717, 1.165) is 11.5 Å². The third-order valence-corrected chi connectivity index (χ3v) is 4.84. The van der Waals surface area contributed by atoms with E-state index in [1.165, 1.54) is 41.7 Å². The molecule has 0 saturated heterocycles. The van der Waals surface area contributed by atoms with E-state index in [1.54, 1.807) is 24.3 Å². The molecule has 162 valence electrons. The summed E-state index contributed by atoms with van der Waals surface area (Å²) < 4.78 is 22.9. The molecule has 2 aromatic carbocycles. The minimum atomic E-state index is -1.11. The van der Waals surface area contributed by atoms with Crippen LogP contribution in [0.5, 0.6) is 5.75 Å². The number of para-hydroxylation sites is 2. The molecule has 0 bridgehead atoms. The lowest BCUT2D eigenvalue weighted by Gasteiger charge is -2.34. The maximum Gasteiger partial charge on any atom is 0.280 e. The van der Waals surface area contributed by atoms with Gasteiger partial charge in [0.15, 0.2) is 5.69 Å². The summed E-state index contributed by atoms with van der Waals surface area (Å²) in [5.74, 6) is -1.01. The maximum absolute atomic E-state index is 13.6. The molecule has 0 aliphatic heterocycles. The van der Waals surface area contributed by atoms with Gasteiger partial charge >= 0.3 is 0 Å². The zero-order chi connectivity index (χ0) is 22.6. The number of benzene rings is 2. The van der Waals surface area contributed by atoms with Crippen LogP contribution in [0.4, 0.5) is 10.1 Å². The highest BCUT2D eigenvalue weighted by atomic mass is 32.1. The van der Waals surface area contributed by atoms with Gasteiger partial charge in [-0.2, -0.15) is 0 Å². The molecule has 1 heterocycles. The van der Waals surface area contributed by atoms with Crippen molar-refractivity contribution >= 4 is 29.0 Å². The van der Waals surface area contributed by atoms with Crippen molar-refractivity contribution in [2.75, 3.05) is 12.0 Å². The van der Waals surface area contributed by atoms with Crippen LogP contribution < -0.4 is 15.0 Å². The number of carbonyl (C=O) groups is 2. The zero-order valence-electron chi connectivity index (χ0n) is 17.6. The molecule has 0 spiro atoms. The number of hydrogen-bond acceptors (Lipinski definition) is 6. The Kier molecular flexibility index (Phi) is 6.65. The Morgan fingerprint density at radius 2 is 1.81 bits per heavy atom. The molecule has 0 fully saturated rings. The number of carbonyl (C=O) groups excluding carboxylic acids is 2. The number of amides is 2. The number of rotatable bonds is 6. The van der Waals surface area contributed by atoms with Crippen molar-refractivity contribution in [3.05, 3.63) is 71.0 Å². The van der Waals surface area contributed by atoms with Gasteiger partial charge in [-0.3, -0.25) is 14.5 Å². The monoisotopic (exact) mass is 442 g/mol. The number of hydrogen-bond donors (Lipinski definition) is 1. The van der Waals surface area contributed by atoms with E-state index in [1.807, 2.05) is 20.8 Å². The topological polar surface area (TPSA) is 84.4 Å². The van der Waals surface area contributed by atoms with Crippen LogP contribution in [0.15, 0.2) is 53.9 Å². The molecule has 7 nitrogen and oxygen atoms in total. The number of nitrogens with one attached hydrogen (secondary N) is 1. The summed E-state index contributed by atoms with van der Waals surface area (Å²) in [6.07, 6.45) is 0. The Labute approximate surface area is 184 Å². The second kappa shape index (κ2) is 9.22. The van der Waals surface area contributed by atoms with Crippen LogP contribution >= 0.6 is 11.5 Å². The quantitative estimate of drug-likeness (QED) is 0.624. The average molecular weight is 443 g/mol. The minimum absolute atomic E-state index is 0.0894. The molecular formula is C22H23FN4O3S. The summed E-state index contributed by atoms with van der Waals surface area (Å²) in [7, 11) is 1.48. The Morgan fingerprint density at radius 3 is 2.39 bits per heavy atom. The van der Waals surface area contributed by atoms with Gasteiger partial charge in [0.25, 0.3) is 5.91 Å². The minimum Gasteiger partial charge on any atom is -0.495 e. The molecule has 0 saturated carbocycles. The van der Waals surface area contributed by atoms with Crippen LogP contribution in [0, 0.1) is 5.82 Å². The molecule has 1 N–H and O–H groups in total. The Hall–Kier alpha value is -3.33. The fraction of sp³-hybridized carbons (Fsp3) is 0.273. The van der Waals surface area contributed by atoms with E-state index in [2.05, 4.69) is 14.9 Å².